The zero-order valence-corrected chi connectivity index (χ0v) is 21.4. The summed E-state index contributed by atoms with van der Waals surface area (Å²) in [7, 11) is -4.09. The first kappa shape index (κ1) is 25.3. The van der Waals surface area contributed by atoms with Crippen LogP contribution in [0.1, 0.15) is 27.6 Å². The third kappa shape index (κ3) is 4.56. The molecule has 0 aliphatic heterocycles. The van der Waals surface area contributed by atoms with Crippen LogP contribution in [0.15, 0.2) is 82.4 Å². The second-order valence-electron chi connectivity index (χ2n) is 8.32. The molecule has 4 N–H and O–H groups in total. The number of carbonyl (C=O) groups is 2. The number of aromatic amines is 1. The van der Waals surface area contributed by atoms with Crippen molar-refractivity contribution in [2.75, 3.05) is 9.73 Å². The number of carbonyl (C=O) groups excluding carboxylic acids is 2. The highest BCUT2D eigenvalue weighted by Crippen LogP contribution is 2.32. The minimum Gasteiger partial charge on any atom is -0.305 e. The monoisotopic (exact) mass is 549 g/mol. The Morgan fingerprint density at radius 1 is 1.00 bits per heavy atom. The van der Waals surface area contributed by atoms with E-state index < -0.39 is 15.8 Å². The summed E-state index contributed by atoms with van der Waals surface area (Å²) in [5.74, 6) is 5.02. The van der Waals surface area contributed by atoms with Crippen molar-refractivity contribution in [3.05, 3.63) is 94.4 Å². The van der Waals surface area contributed by atoms with E-state index in [4.69, 9.17) is 5.84 Å². The number of sulfonamides is 1. The second kappa shape index (κ2) is 9.82. The van der Waals surface area contributed by atoms with Crippen molar-refractivity contribution in [2.24, 2.45) is 5.84 Å². The van der Waals surface area contributed by atoms with Gasteiger partial charge in [0, 0.05) is 21.9 Å². The van der Waals surface area contributed by atoms with Crippen LogP contribution >= 0.6 is 11.3 Å². The van der Waals surface area contributed by atoms with E-state index in [-0.39, 0.29) is 39.2 Å². The van der Waals surface area contributed by atoms with Crippen LogP contribution in [-0.4, -0.2) is 30.3 Å². The molecule has 0 spiro atoms. The number of nitrogens with zero attached hydrogens (tertiary/aromatic N) is 2. The maximum absolute atomic E-state index is 15.4. The first-order valence-electron chi connectivity index (χ1n) is 11.2. The summed E-state index contributed by atoms with van der Waals surface area (Å²) in [6.07, 6.45) is 0. The number of thiophene rings is 1. The number of H-pyrrole nitrogens is 1. The lowest BCUT2D eigenvalue weighted by atomic mass is 10.0. The van der Waals surface area contributed by atoms with Crippen LogP contribution in [0.5, 0.6) is 0 Å². The Balaban J connectivity index is 1.39. The van der Waals surface area contributed by atoms with E-state index in [0.717, 1.165) is 0 Å². The minimum absolute atomic E-state index is 0.0771. The summed E-state index contributed by atoms with van der Waals surface area (Å²) >= 11 is 1.39. The zero-order valence-electron chi connectivity index (χ0n) is 19.8. The highest BCUT2D eigenvalue weighted by molar-refractivity contribution is 7.92. The molecule has 2 heterocycles. The Hall–Kier alpha value is -4.39. The minimum atomic E-state index is -4.09. The molecule has 0 aliphatic carbocycles. The van der Waals surface area contributed by atoms with Gasteiger partial charge in [-0.25, -0.2) is 14.6 Å². The van der Waals surface area contributed by atoms with Gasteiger partial charge < -0.3 is 5.32 Å². The largest absolute Gasteiger partial charge is 0.305 e. The summed E-state index contributed by atoms with van der Waals surface area (Å²) in [6.45, 7) is 1.39. The lowest BCUT2D eigenvalue weighted by Crippen LogP contribution is -2.37. The molecule has 192 valence electrons. The van der Waals surface area contributed by atoms with E-state index in [0.29, 0.717) is 26.5 Å². The fourth-order valence-corrected chi connectivity index (χ4v) is 5.59. The summed E-state index contributed by atoms with van der Waals surface area (Å²) in [5.41, 5.74) is 1.85. The molecule has 0 saturated heterocycles. The Labute approximate surface area is 220 Å². The van der Waals surface area contributed by atoms with Crippen molar-refractivity contribution in [1.82, 2.24) is 10.2 Å². The fraction of sp³-hybridized carbons (Fsp3) is 0.0385. The van der Waals surface area contributed by atoms with Crippen LogP contribution in [0.2, 0.25) is 0 Å². The molecule has 9 nitrogen and oxygen atoms in total. The molecule has 0 radical (unpaired) electrons. The van der Waals surface area contributed by atoms with Crippen LogP contribution in [0.25, 0.3) is 22.0 Å². The first-order valence-corrected chi connectivity index (χ1v) is 13.6. The number of hydrogen-bond acceptors (Lipinski definition) is 7. The molecule has 3 aromatic carbocycles. The number of ketones is 1. The predicted molar refractivity (Wildman–Crippen MR) is 144 cm³/mol. The van der Waals surface area contributed by atoms with E-state index in [2.05, 4.69) is 15.5 Å². The molecule has 0 saturated carbocycles. The van der Waals surface area contributed by atoms with Gasteiger partial charge in [0.25, 0.3) is 15.9 Å². The Bertz CT molecular complexity index is 1770. The molecule has 12 heteroatoms. The SMILES string of the molecule is CC(=O)c1ccc(S(=O)(=O)N(N)c2ccc(-c3ccc4c(NC(=O)c5ccsc5)n[nH]c4c3F)cc2)cc1. The van der Waals surface area contributed by atoms with E-state index in [9.17, 15) is 18.0 Å². The van der Waals surface area contributed by atoms with E-state index in [1.165, 1.54) is 54.7 Å². The lowest BCUT2D eigenvalue weighted by molar-refractivity contribution is 0.101. The zero-order chi connectivity index (χ0) is 27.0. The summed E-state index contributed by atoms with van der Waals surface area (Å²) in [6, 6.07) is 16.3. The van der Waals surface area contributed by atoms with Gasteiger partial charge in [-0.2, -0.15) is 24.9 Å². The van der Waals surface area contributed by atoms with Crippen LogP contribution in [0, 0.1) is 5.82 Å². The van der Waals surface area contributed by atoms with Gasteiger partial charge in [0.1, 0.15) is 5.52 Å². The normalized spacial score (nSPS) is 11.4. The van der Waals surface area contributed by atoms with Crippen molar-refractivity contribution in [2.45, 2.75) is 11.8 Å². The fourth-order valence-electron chi connectivity index (χ4n) is 3.85. The average molecular weight is 550 g/mol. The van der Waals surface area contributed by atoms with Gasteiger partial charge in [0.15, 0.2) is 17.4 Å². The van der Waals surface area contributed by atoms with Gasteiger partial charge >= 0.3 is 0 Å². The molecule has 1 amide bonds. The Morgan fingerprint density at radius 3 is 2.34 bits per heavy atom. The lowest BCUT2D eigenvalue weighted by Gasteiger charge is -2.19. The molecule has 38 heavy (non-hydrogen) atoms. The number of aromatic nitrogens is 2. The third-order valence-electron chi connectivity index (χ3n) is 5.94. The van der Waals surface area contributed by atoms with Crippen molar-refractivity contribution < 1.29 is 22.4 Å². The molecule has 0 unspecified atom stereocenters. The number of amides is 1. The van der Waals surface area contributed by atoms with E-state index >= 15 is 4.39 Å². The summed E-state index contributed by atoms with van der Waals surface area (Å²) in [4.78, 5) is 23.7. The molecule has 0 aliphatic rings. The number of benzene rings is 3. The summed E-state index contributed by atoms with van der Waals surface area (Å²) in [5, 5.41) is 13.2. The van der Waals surface area contributed by atoms with Crippen LogP contribution in [0.3, 0.4) is 0 Å². The number of hydrogen-bond donors (Lipinski definition) is 3. The van der Waals surface area contributed by atoms with Gasteiger partial charge in [0.05, 0.1) is 16.1 Å². The number of nitrogens with one attached hydrogen (secondary N) is 2. The van der Waals surface area contributed by atoms with Crippen molar-refractivity contribution >= 4 is 55.5 Å². The molecular weight excluding hydrogens is 529 g/mol. The summed E-state index contributed by atoms with van der Waals surface area (Å²) < 4.78 is 41.9. The molecule has 0 bridgehead atoms. The first-order chi connectivity index (χ1) is 18.2. The van der Waals surface area contributed by atoms with Gasteiger partial charge in [-0.1, -0.05) is 30.3 Å². The van der Waals surface area contributed by atoms with Gasteiger partial charge in [-0.15, -0.1) is 0 Å². The quantitative estimate of drug-likeness (QED) is 0.149. The highest BCUT2D eigenvalue weighted by atomic mass is 32.2. The number of nitrogens with two attached hydrogens (primary N) is 1. The Morgan fingerprint density at radius 2 is 1.71 bits per heavy atom. The van der Waals surface area contributed by atoms with Crippen molar-refractivity contribution in [3.8, 4) is 11.1 Å². The topological polar surface area (TPSA) is 138 Å². The van der Waals surface area contributed by atoms with E-state index in [1.807, 2.05) is 0 Å². The number of Topliss-reactive ketones (excluding diaryl/α,β-unsaturated/α-hetero) is 1. The molecule has 0 atom stereocenters. The van der Waals surface area contributed by atoms with Crippen LogP contribution in [0.4, 0.5) is 15.9 Å². The van der Waals surface area contributed by atoms with Gasteiger partial charge in [-0.3, -0.25) is 14.7 Å². The van der Waals surface area contributed by atoms with Gasteiger partial charge in [-0.05, 0) is 54.3 Å². The number of anilines is 2. The maximum Gasteiger partial charge on any atom is 0.277 e. The predicted octanol–water partition coefficient (Wildman–Crippen LogP) is 4.95. The molecular formula is C26H20FN5O4S2. The van der Waals surface area contributed by atoms with Gasteiger partial charge in [0.2, 0.25) is 0 Å². The van der Waals surface area contributed by atoms with Crippen molar-refractivity contribution in [3.63, 3.8) is 0 Å². The second-order valence-corrected chi connectivity index (χ2v) is 10.9. The standard InChI is InChI=1S/C26H20FN5O4S2/c1-15(33)16-4-8-20(9-5-16)38(35,36)32(28)19-6-2-17(3-7-19)21-10-11-22-24(23(21)27)30-31-25(22)29-26(34)18-12-13-37-14-18/h2-14H,28H2,1H3,(H2,29,30,31,34). The van der Waals surface area contributed by atoms with Crippen molar-refractivity contribution in [1.29, 1.82) is 0 Å². The average Bonchev–Trinajstić information content (AvgIpc) is 3.60. The Kier molecular flexibility index (Phi) is 6.53. The molecule has 0 fully saturated rings. The third-order valence-corrected chi connectivity index (χ3v) is 8.22. The number of rotatable bonds is 7. The van der Waals surface area contributed by atoms with Crippen LogP contribution < -0.4 is 15.6 Å². The maximum atomic E-state index is 15.4. The molecule has 5 aromatic rings. The number of halogens is 1. The number of fused-ring (bicyclic) bond motifs is 1. The number of hydrazine groups is 1. The van der Waals surface area contributed by atoms with Crippen LogP contribution in [-0.2, 0) is 10.0 Å². The van der Waals surface area contributed by atoms with E-state index in [1.54, 1.807) is 41.1 Å². The smallest absolute Gasteiger partial charge is 0.277 e. The highest BCUT2D eigenvalue weighted by Gasteiger charge is 2.23. The molecule has 2 aromatic heterocycles. The molecule has 5 rings (SSSR count).